The van der Waals surface area contributed by atoms with Crippen molar-refractivity contribution in [2.75, 3.05) is 0 Å². The molecule has 5 heteroatoms. The quantitative estimate of drug-likeness (QED) is 0.230. The van der Waals surface area contributed by atoms with Gasteiger partial charge in [0.2, 0.25) is 0 Å². The molecule has 0 aliphatic rings. The molecule has 0 aliphatic heterocycles. The van der Waals surface area contributed by atoms with Crippen LogP contribution in [0.25, 0.3) is 22.5 Å². The summed E-state index contributed by atoms with van der Waals surface area (Å²) in [7, 11) is 0. The third-order valence-corrected chi connectivity index (χ3v) is 20.3. The van der Waals surface area contributed by atoms with Crippen LogP contribution in [0.3, 0.4) is 0 Å². The average Bonchev–Trinajstić information content (AvgIpc) is 3.30. The van der Waals surface area contributed by atoms with Gasteiger partial charge in [-0.3, -0.25) is 0 Å². The number of unbranched alkanes of at least 4 members (excludes halogenated alkanes) is 3. The van der Waals surface area contributed by atoms with Gasteiger partial charge in [-0.1, -0.05) is 0 Å². The first-order chi connectivity index (χ1) is 15.1. The fraction of sp³-hybridized carbons (Fsp3) is 0.500. The molecule has 4 nitrogen and oxygen atoms in total. The van der Waals surface area contributed by atoms with Crippen LogP contribution in [0.2, 0.25) is 13.3 Å². The van der Waals surface area contributed by atoms with Gasteiger partial charge >= 0.3 is 193 Å². The van der Waals surface area contributed by atoms with Crippen molar-refractivity contribution < 1.29 is 0 Å². The van der Waals surface area contributed by atoms with E-state index in [4.69, 9.17) is 10.3 Å². The van der Waals surface area contributed by atoms with Gasteiger partial charge in [-0.15, -0.1) is 0 Å². The number of rotatable bonds is 12. The Labute approximate surface area is 192 Å². The summed E-state index contributed by atoms with van der Waals surface area (Å²) >= 11 is -2.74. The van der Waals surface area contributed by atoms with E-state index in [0.717, 1.165) is 11.4 Å². The summed E-state index contributed by atoms with van der Waals surface area (Å²) in [5.41, 5.74) is 4.74. The zero-order valence-corrected chi connectivity index (χ0v) is 22.6. The molecule has 0 aliphatic carbocycles. The van der Waals surface area contributed by atoms with Crippen molar-refractivity contribution in [3.05, 3.63) is 54.1 Å². The van der Waals surface area contributed by atoms with E-state index in [0.29, 0.717) is 0 Å². The predicted octanol–water partition coefficient (Wildman–Crippen LogP) is 7.51. The predicted molar refractivity (Wildman–Crippen MR) is 134 cm³/mol. The minimum absolute atomic E-state index is 0.779. The molecule has 166 valence electrons. The molecule has 0 saturated carbocycles. The van der Waals surface area contributed by atoms with Crippen LogP contribution in [-0.4, -0.2) is 37.1 Å². The third-order valence-electron chi connectivity index (χ3n) is 6.36. The normalized spacial score (nSPS) is 11.7. The van der Waals surface area contributed by atoms with Crippen LogP contribution in [0.5, 0.6) is 0 Å². The van der Waals surface area contributed by atoms with Crippen LogP contribution in [0.1, 0.15) is 64.9 Å². The van der Waals surface area contributed by atoms with Gasteiger partial charge < -0.3 is 0 Å². The molecular formula is C26H38N4Sn. The molecule has 0 saturated heterocycles. The molecule has 0 unspecified atom stereocenters. The molecule has 0 N–H and O–H groups in total. The molecule has 0 amide bonds. The van der Waals surface area contributed by atoms with Crippen molar-refractivity contribution in [2.24, 2.45) is 0 Å². The average molecular weight is 525 g/mol. The Morgan fingerprint density at radius 1 is 0.742 bits per heavy atom. The van der Waals surface area contributed by atoms with Crippen molar-refractivity contribution in [3.8, 4) is 22.5 Å². The standard InChI is InChI=1S/C14H11N4.3C4H9.Sn/c1-10-6-8-11(9-7-10)12-4-2-3-5-13(12)14-15-17-18-16-14;3*1-3-4-2;/h2-9H,1H3;3*1,3-4H2,2H3;/q-1;;;;+1. The van der Waals surface area contributed by atoms with E-state index < -0.39 is 18.7 Å². The Hall–Kier alpha value is -1.69. The summed E-state index contributed by atoms with van der Waals surface area (Å²) in [6.45, 7) is 9.02. The van der Waals surface area contributed by atoms with Gasteiger partial charge in [-0.25, -0.2) is 0 Å². The molecule has 1 aromatic heterocycles. The Bertz CT molecular complexity index is 911. The van der Waals surface area contributed by atoms with E-state index in [9.17, 15) is 0 Å². The molecule has 0 bridgehead atoms. The molecule has 1 heterocycles. The SMILES string of the molecule is CCC[CH2][Sn]([CH2]CCC)([CH2]CCC)[n]1nnc(-c2ccccc2-c2ccc(C)cc2)n1. The van der Waals surface area contributed by atoms with Gasteiger partial charge in [0, 0.05) is 0 Å². The molecule has 0 fully saturated rings. The van der Waals surface area contributed by atoms with Crippen molar-refractivity contribution in [1.82, 2.24) is 18.4 Å². The summed E-state index contributed by atoms with van der Waals surface area (Å²) in [5.74, 6) is 0.779. The van der Waals surface area contributed by atoms with E-state index in [1.54, 1.807) is 0 Å². The summed E-state index contributed by atoms with van der Waals surface area (Å²) in [6, 6.07) is 17.2. The summed E-state index contributed by atoms with van der Waals surface area (Å²) in [6.07, 6.45) is 7.61. The molecule has 3 aromatic rings. The number of hydrogen-bond acceptors (Lipinski definition) is 3. The van der Waals surface area contributed by atoms with Crippen molar-refractivity contribution in [1.29, 1.82) is 0 Å². The Balaban J connectivity index is 2.00. The van der Waals surface area contributed by atoms with Crippen LogP contribution in [0, 0.1) is 6.92 Å². The molecule has 31 heavy (non-hydrogen) atoms. The van der Waals surface area contributed by atoms with Crippen LogP contribution in [0.4, 0.5) is 0 Å². The zero-order chi connectivity index (χ0) is 22.1. The molecule has 0 radical (unpaired) electrons. The number of benzene rings is 2. The second kappa shape index (κ2) is 11.8. The Kier molecular flexibility index (Phi) is 9.12. The van der Waals surface area contributed by atoms with Gasteiger partial charge in [0.25, 0.3) is 0 Å². The number of nitrogens with zero attached hydrogens (tertiary/aromatic N) is 4. The van der Waals surface area contributed by atoms with E-state index in [-0.39, 0.29) is 0 Å². The van der Waals surface area contributed by atoms with Gasteiger partial charge in [0.1, 0.15) is 0 Å². The van der Waals surface area contributed by atoms with Crippen LogP contribution in [-0.2, 0) is 0 Å². The zero-order valence-electron chi connectivity index (χ0n) is 19.8. The maximum absolute atomic E-state index is 5.10. The van der Waals surface area contributed by atoms with Crippen molar-refractivity contribution in [3.63, 3.8) is 0 Å². The maximum atomic E-state index is 5.10. The molecule has 2 aromatic carbocycles. The van der Waals surface area contributed by atoms with Crippen LogP contribution >= 0.6 is 0 Å². The first-order valence-electron chi connectivity index (χ1n) is 12.1. The van der Waals surface area contributed by atoms with Crippen molar-refractivity contribution >= 4 is 18.7 Å². The van der Waals surface area contributed by atoms with Gasteiger partial charge in [0.05, 0.1) is 0 Å². The van der Waals surface area contributed by atoms with E-state index in [1.807, 2.05) is 0 Å². The summed E-state index contributed by atoms with van der Waals surface area (Å²) in [4.78, 5) is 0. The molecule has 0 atom stereocenters. The summed E-state index contributed by atoms with van der Waals surface area (Å²) in [5, 5.41) is 14.5. The fourth-order valence-corrected chi connectivity index (χ4v) is 18.4. The van der Waals surface area contributed by atoms with Crippen molar-refractivity contribution in [2.45, 2.75) is 79.5 Å². The van der Waals surface area contributed by atoms with E-state index >= 15 is 0 Å². The second-order valence-corrected chi connectivity index (χ2v) is 21.3. The fourth-order valence-electron chi connectivity index (χ4n) is 4.38. The number of hydrogen-bond donors (Lipinski definition) is 0. The first-order valence-corrected chi connectivity index (χ1v) is 19.4. The Morgan fingerprint density at radius 3 is 1.84 bits per heavy atom. The first kappa shape index (κ1) is 24.0. The minimum atomic E-state index is -2.74. The van der Waals surface area contributed by atoms with Gasteiger partial charge in [-0.05, 0) is 0 Å². The number of aryl methyl sites for hydroxylation is 1. The second-order valence-electron chi connectivity index (χ2n) is 8.85. The topological polar surface area (TPSA) is 43.6 Å². The van der Waals surface area contributed by atoms with Crippen LogP contribution < -0.4 is 0 Å². The third kappa shape index (κ3) is 5.97. The van der Waals surface area contributed by atoms with E-state index in [2.05, 4.69) is 84.3 Å². The van der Waals surface area contributed by atoms with E-state index in [1.165, 1.54) is 68.5 Å². The summed E-state index contributed by atoms with van der Waals surface area (Å²) < 4.78 is 6.19. The number of aromatic nitrogens is 4. The Morgan fingerprint density at radius 2 is 1.29 bits per heavy atom. The molecule has 0 spiro atoms. The molecule has 3 rings (SSSR count). The van der Waals surface area contributed by atoms with Crippen LogP contribution in [0.15, 0.2) is 48.5 Å². The van der Waals surface area contributed by atoms with Gasteiger partial charge in [-0.2, -0.15) is 0 Å². The van der Waals surface area contributed by atoms with Gasteiger partial charge in [0.15, 0.2) is 0 Å². The monoisotopic (exact) mass is 526 g/mol. The number of tetrazole rings is 1. The molecular weight excluding hydrogens is 487 g/mol.